The van der Waals surface area contributed by atoms with E-state index >= 15 is 0 Å². The largest absolute Gasteiger partial charge is 0.488 e. The second-order valence-electron chi connectivity index (χ2n) is 11.5. The predicted molar refractivity (Wildman–Crippen MR) is 124 cm³/mol. The Morgan fingerprint density at radius 3 is 2.15 bits per heavy atom. The summed E-state index contributed by atoms with van der Waals surface area (Å²) < 4.78 is 17.7. The van der Waals surface area contributed by atoms with Crippen LogP contribution in [0.3, 0.4) is 0 Å². The lowest BCUT2D eigenvalue weighted by molar-refractivity contribution is -0.176. The monoisotopic (exact) mass is 448 g/mol. The molecule has 3 atom stereocenters. The highest BCUT2D eigenvalue weighted by Gasteiger charge is 2.76. The van der Waals surface area contributed by atoms with Gasteiger partial charge in [0.05, 0.1) is 5.41 Å². The van der Waals surface area contributed by atoms with Crippen molar-refractivity contribution >= 4 is 11.9 Å². The van der Waals surface area contributed by atoms with E-state index in [1.807, 2.05) is 63.2 Å². The molecule has 2 aromatic carbocycles. The Morgan fingerprint density at radius 2 is 1.55 bits per heavy atom. The molecule has 2 bridgehead atoms. The van der Waals surface area contributed by atoms with Crippen molar-refractivity contribution in [3.8, 4) is 11.5 Å². The Hall–Kier alpha value is -2.82. The maximum Gasteiger partial charge on any atom is 0.356 e. The van der Waals surface area contributed by atoms with Crippen LogP contribution in [0.5, 0.6) is 11.5 Å². The Bertz CT molecular complexity index is 1150. The van der Waals surface area contributed by atoms with Gasteiger partial charge in [0.1, 0.15) is 17.1 Å². The molecule has 0 aromatic heterocycles. The first-order valence-electron chi connectivity index (χ1n) is 11.7. The minimum absolute atomic E-state index is 0.240. The number of hydrogen-bond donors (Lipinski definition) is 0. The SMILES string of the molecule is CC1(C)C[C@@](C)(c2ccc(OC(=O)[C@@]34CC[C@@](C)(C(=O)O3)C4(C)C)cc2)c2ccccc2O1. The van der Waals surface area contributed by atoms with Crippen molar-refractivity contribution < 1.29 is 23.8 Å². The zero-order valence-electron chi connectivity index (χ0n) is 20.3. The van der Waals surface area contributed by atoms with Crippen molar-refractivity contribution in [3.63, 3.8) is 0 Å². The summed E-state index contributed by atoms with van der Waals surface area (Å²) >= 11 is 0. The fraction of sp³-hybridized carbons (Fsp3) is 0.500. The van der Waals surface area contributed by atoms with Gasteiger partial charge in [-0.25, -0.2) is 4.79 Å². The number of esters is 2. The molecule has 5 heteroatoms. The third-order valence-electron chi connectivity index (χ3n) is 8.76. The van der Waals surface area contributed by atoms with Crippen LogP contribution in [0, 0.1) is 10.8 Å². The summed E-state index contributed by atoms with van der Waals surface area (Å²) in [5.41, 5.74) is -0.779. The van der Waals surface area contributed by atoms with Gasteiger partial charge in [-0.15, -0.1) is 0 Å². The standard InChI is InChI=1S/C28H32O5/c1-24(2)17-26(5,20-9-7-8-10-21(20)32-24)18-11-13-19(14-12-18)31-23(30)28-16-15-27(6,22(29)33-28)25(28,3)4/h7-14H,15-17H2,1-6H3/t26-,27-,28+/m0/s1. The van der Waals surface area contributed by atoms with E-state index in [1.54, 1.807) is 0 Å². The molecule has 1 saturated heterocycles. The molecule has 0 N–H and O–H groups in total. The summed E-state index contributed by atoms with van der Waals surface area (Å²) in [6.07, 6.45) is 1.94. The molecule has 3 aliphatic rings. The number of hydrogen-bond acceptors (Lipinski definition) is 5. The predicted octanol–water partition coefficient (Wildman–Crippen LogP) is 5.58. The minimum atomic E-state index is -1.23. The maximum atomic E-state index is 13.3. The molecule has 33 heavy (non-hydrogen) atoms. The summed E-state index contributed by atoms with van der Waals surface area (Å²) in [5.74, 6) is 0.562. The van der Waals surface area contributed by atoms with Gasteiger partial charge >= 0.3 is 11.9 Å². The maximum absolute atomic E-state index is 13.3. The topological polar surface area (TPSA) is 61.8 Å². The minimum Gasteiger partial charge on any atom is -0.488 e. The number of ether oxygens (including phenoxy) is 3. The van der Waals surface area contributed by atoms with Crippen molar-refractivity contribution in [1.29, 1.82) is 0 Å². The molecule has 1 aliphatic carbocycles. The van der Waals surface area contributed by atoms with Gasteiger partial charge in [-0.05, 0) is 57.4 Å². The van der Waals surface area contributed by atoms with Gasteiger partial charge < -0.3 is 14.2 Å². The number of benzene rings is 2. The lowest BCUT2D eigenvalue weighted by Crippen LogP contribution is -2.50. The Kier molecular flexibility index (Phi) is 4.41. The van der Waals surface area contributed by atoms with Crippen LogP contribution in [-0.4, -0.2) is 23.1 Å². The average Bonchev–Trinajstić information content (AvgIpc) is 3.04. The van der Waals surface area contributed by atoms with Crippen LogP contribution in [-0.2, 0) is 19.7 Å². The van der Waals surface area contributed by atoms with E-state index < -0.39 is 22.4 Å². The Labute approximate surface area is 195 Å². The molecule has 2 aliphatic heterocycles. The third kappa shape index (κ3) is 2.84. The summed E-state index contributed by atoms with van der Waals surface area (Å²) in [5, 5.41) is 0. The van der Waals surface area contributed by atoms with Gasteiger partial charge in [0, 0.05) is 22.8 Å². The molecule has 0 unspecified atom stereocenters. The van der Waals surface area contributed by atoms with Crippen LogP contribution < -0.4 is 9.47 Å². The second-order valence-corrected chi connectivity index (χ2v) is 11.5. The van der Waals surface area contributed by atoms with Crippen molar-refractivity contribution in [2.24, 2.45) is 10.8 Å². The van der Waals surface area contributed by atoms with E-state index in [0.29, 0.717) is 18.6 Å². The number of carbonyl (C=O) groups is 2. The number of carbonyl (C=O) groups excluding carboxylic acids is 2. The number of fused-ring (bicyclic) bond motifs is 3. The highest BCUT2D eigenvalue weighted by atomic mass is 16.6. The zero-order chi connectivity index (χ0) is 23.9. The first-order chi connectivity index (χ1) is 15.3. The molecule has 0 spiro atoms. The van der Waals surface area contributed by atoms with Gasteiger partial charge in [0.25, 0.3) is 0 Å². The molecular weight excluding hydrogens is 416 g/mol. The van der Waals surface area contributed by atoms with Crippen molar-refractivity contribution in [3.05, 3.63) is 59.7 Å². The normalized spacial score (nSPS) is 33.1. The summed E-state index contributed by atoms with van der Waals surface area (Å²) in [6.45, 7) is 12.2. The lowest BCUT2D eigenvalue weighted by Gasteiger charge is -2.44. The van der Waals surface area contributed by atoms with E-state index in [2.05, 4.69) is 26.8 Å². The molecule has 2 heterocycles. The van der Waals surface area contributed by atoms with Gasteiger partial charge in [0.15, 0.2) is 0 Å². The van der Waals surface area contributed by atoms with Crippen LogP contribution in [0.1, 0.15) is 71.9 Å². The van der Waals surface area contributed by atoms with E-state index in [-0.39, 0.29) is 17.0 Å². The fourth-order valence-corrected chi connectivity index (χ4v) is 6.33. The number of para-hydroxylation sites is 1. The first kappa shape index (κ1) is 22.0. The Balaban J connectivity index is 1.43. The smallest absolute Gasteiger partial charge is 0.356 e. The molecule has 0 radical (unpaired) electrons. The highest BCUT2D eigenvalue weighted by molar-refractivity contribution is 5.94. The van der Waals surface area contributed by atoms with Crippen LogP contribution >= 0.6 is 0 Å². The summed E-state index contributed by atoms with van der Waals surface area (Å²) in [4.78, 5) is 25.8. The molecular formula is C28H32O5. The third-order valence-corrected chi connectivity index (χ3v) is 8.76. The lowest BCUT2D eigenvalue weighted by atomic mass is 9.66. The summed E-state index contributed by atoms with van der Waals surface area (Å²) in [7, 11) is 0. The number of rotatable bonds is 3. The van der Waals surface area contributed by atoms with Crippen molar-refractivity contribution in [2.75, 3.05) is 0 Å². The highest BCUT2D eigenvalue weighted by Crippen LogP contribution is 2.65. The molecule has 1 saturated carbocycles. The van der Waals surface area contributed by atoms with Gasteiger partial charge in [-0.1, -0.05) is 51.1 Å². The second kappa shape index (κ2) is 6.62. The van der Waals surface area contributed by atoms with Crippen molar-refractivity contribution in [2.45, 2.75) is 77.4 Å². The van der Waals surface area contributed by atoms with Gasteiger partial charge in [-0.3, -0.25) is 4.79 Å². The van der Waals surface area contributed by atoms with Gasteiger partial charge in [0.2, 0.25) is 5.60 Å². The van der Waals surface area contributed by atoms with Crippen LogP contribution in [0.4, 0.5) is 0 Å². The van der Waals surface area contributed by atoms with E-state index in [9.17, 15) is 9.59 Å². The zero-order valence-corrected chi connectivity index (χ0v) is 20.3. The van der Waals surface area contributed by atoms with Crippen LogP contribution in [0.2, 0.25) is 0 Å². The summed E-state index contributed by atoms with van der Waals surface area (Å²) in [6, 6.07) is 15.9. The molecule has 0 amide bonds. The van der Waals surface area contributed by atoms with Gasteiger partial charge in [-0.2, -0.15) is 0 Å². The van der Waals surface area contributed by atoms with Crippen LogP contribution in [0.25, 0.3) is 0 Å². The quantitative estimate of drug-likeness (QED) is 0.453. The first-order valence-corrected chi connectivity index (χ1v) is 11.7. The average molecular weight is 449 g/mol. The van der Waals surface area contributed by atoms with E-state index in [0.717, 1.165) is 23.3 Å². The molecule has 5 rings (SSSR count). The molecule has 174 valence electrons. The molecule has 5 nitrogen and oxygen atoms in total. The van der Waals surface area contributed by atoms with Crippen molar-refractivity contribution in [1.82, 2.24) is 0 Å². The fourth-order valence-electron chi connectivity index (χ4n) is 6.33. The van der Waals surface area contributed by atoms with E-state index in [1.165, 1.54) is 0 Å². The Morgan fingerprint density at radius 1 is 0.879 bits per heavy atom. The van der Waals surface area contributed by atoms with E-state index in [4.69, 9.17) is 14.2 Å². The van der Waals surface area contributed by atoms with Crippen LogP contribution in [0.15, 0.2) is 48.5 Å². The molecule has 2 aromatic rings. The molecule has 2 fully saturated rings.